The van der Waals surface area contributed by atoms with Crippen molar-refractivity contribution in [1.29, 1.82) is 0 Å². The third kappa shape index (κ3) is 1.80. The lowest BCUT2D eigenvalue weighted by Gasteiger charge is -2.29. The molecule has 0 aromatic heterocycles. The maximum Gasteiger partial charge on any atom is 0.0587 e. The molecule has 2 aliphatic rings. The molecule has 0 spiro atoms. The molecule has 3 atom stereocenters. The lowest BCUT2D eigenvalue weighted by molar-refractivity contribution is 0.0613. The molecule has 2 heteroatoms. The second-order valence-corrected chi connectivity index (χ2v) is 5.37. The van der Waals surface area contributed by atoms with Crippen LogP contribution >= 0.6 is 0 Å². The summed E-state index contributed by atoms with van der Waals surface area (Å²) in [7, 11) is 0. The van der Waals surface area contributed by atoms with Gasteiger partial charge in [-0.15, -0.1) is 0 Å². The van der Waals surface area contributed by atoms with Crippen LogP contribution < -0.4 is 5.32 Å². The van der Waals surface area contributed by atoms with Crippen LogP contribution in [0.25, 0.3) is 0 Å². The van der Waals surface area contributed by atoms with Crippen molar-refractivity contribution in [3.63, 3.8) is 0 Å². The van der Waals surface area contributed by atoms with Gasteiger partial charge in [-0.05, 0) is 37.8 Å². The summed E-state index contributed by atoms with van der Waals surface area (Å²) in [5.41, 5.74) is 1.83. The van der Waals surface area contributed by atoms with Gasteiger partial charge in [0.2, 0.25) is 0 Å². The molecule has 1 saturated heterocycles. The second-order valence-electron chi connectivity index (χ2n) is 5.37. The normalized spacial score (nSPS) is 36.1. The van der Waals surface area contributed by atoms with E-state index in [4.69, 9.17) is 4.74 Å². The minimum Gasteiger partial charge on any atom is -0.378 e. The van der Waals surface area contributed by atoms with Gasteiger partial charge in [0.1, 0.15) is 0 Å². The highest BCUT2D eigenvalue weighted by molar-refractivity contribution is 5.31. The summed E-state index contributed by atoms with van der Waals surface area (Å²) in [6.45, 7) is 5.21. The molecule has 0 bridgehead atoms. The lowest BCUT2D eigenvalue weighted by atomic mass is 9.75. The maximum atomic E-state index is 5.86. The number of rotatable bonds is 3. The van der Waals surface area contributed by atoms with Gasteiger partial charge in [-0.25, -0.2) is 0 Å². The molecule has 1 heterocycles. The second kappa shape index (κ2) is 4.43. The SMILES string of the molecule is CCOC1CC2CNCC2(c2ccccc2)C1. The Labute approximate surface area is 103 Å². The molecular formula is C15H21NO. The molecule has 0 radical (unpaired) electrons. The van der Waals surface area contributed by atoms with Crippen LogP contribution in [0.2, 0.25) is 0 Å². The number of nitrogens with one attached hydrogen (secondary N) is 1. The average Bonchev–Trinajstić information content (AvgIpc) is 2.88. The largest absolute Gasteiger partial charge is 0.378 e. The maximum absolute atomic E-state index is 5.86. The van der Waals surface area contributed by atoms with Crippen molar-refractivity contribution in [3.05, 3.63) is 35.9 Å². The molecule has 0 amide bonds. The first kappa shape index (κ1) is 11.2. The van der Waals surface area contributed by atoms with Gasteiger partial charge < -0.3 is 10.1 Å². The molecule has 92 valence electrons. The highest BCUT2D eigenvalue weighted by atomic mass is 16.5. The van der Waals surface area contributed by atoms with Crippen LogP contribution in [-0.4, -0.2) is 25.8 Å². The zero-order valence-corrected chi connectivity index (χ0v) is 10.5. The lowest BCUT2D eigenvalue weighted by Crippen LogP contribution is -2.31. The highest BCUT2D eigenvalue weighted by Crippen LogP contribution is 2.48. The predicted molar refractivity (Wildman–Crippen MR) is 69.1 cm³/mol. The van der Waals surface area contributed by atoms with Gasteiger partial charge in [-0.3, -0.25) is 0 Å². The quantitative estimate of drug-likeness (QED) is 0.862. The first-order valence-electron chi connectivity index (χ1n) is 6.73. The molecule has 1 N–H and O–H groups in total. The summed E-state index contributed by atoms with van der Waals surface area (Å²) in [5.74, 6) is 0.751. The number of benzene rings is 1. The number of hydrogen-bond acceptors (Lipinski definition) is 2. The van der Waals surface area contributed by atoms with Crippen molar-refractivity contribution < 1.29 is 4.74 Å². The molecule has 3 unspecified atom stereocenters. The zero-order valence-electron chi connectivity index (χ0n) is 10.5. The van der Waals surface area contributed by atoms with Gasteiger partial charge in [0.25, 0.3) is 0 Å². The Hall–Kier alpha value is -0.860. The van der Waals surface area contributed by atoms with Crippen LogP contribution in [0.4, 0.5) is 0 Å². The molecule has 1 aliphatic heterocycles. The molecule has 2 nitrogen and oxygen atoms in total. The Kier molecular flexibility index (Phi) is 2.93. The Bertz CT molecular complexity index is 378. The molecular weight excluding hydrogens is 210 g/mol. The number of hydrogen-bond donors (Lipinski definition) is 1. The van der Waals surface area contributed by atoms with Crippen LogP contribution in [0.15, 0.2) is 30.3 Å². The molecule has 1 aliphatic carbocycles. The number of fused-ring (bicyclic) bond motifs is 1. The summed E-state index contributed by atoms with van der Waals surface area (Å²) in [6, 6.07) is 11.0. The van der Waals surface area contributed by atoms with E-state index in [2.05, 4.69) is 42.6 Å². The van der Waals surface area contributed by atoms with Gasteiger partial charge in [-0.1, -0.05) is 30.3 Å². The van der Waals surface area contributed by atoms with E-state index < -0.39 is 0 Å². The van der Waals surface area contributed by atoms with E-state index in [9.17, 15) is 0 Å². The van der Waals surface area contributed by atoms with Crippen LogP contribution in [0.5, 0.6) is 0 Å². The van der Waals surface area contributed by atoms with E-state index in [1.165, 1.54) is 18.4 Å². The Balaban J connectivity index is 1.89. The molecule has 1 saturated carbocycles. The molecule has 17 heavy (non-hydrogen) atoms. The Morgan fingerprint density at radius 1 is 1.35 bits per heavy atom. The fourth-order valence-corrected chi connectivity index (χ4v) is 3.75. The summed E-state index contributed by atoms with van der Waals surface area (Å²) in [4.78, 5) is 0. The van der Waals surface area contributed by atoms with Gasteiger partial charge in [-0.2, -0.15) is 0 Å². The number of ether oxygens (including phenoxy) is 1. The van der Waals surface area contributed by atoms with Gasteiger partial charge >= 0.3 is 0 Å². The zero-order chi connectivity index (χ0) is 11.7. The Morgan fingerprint density at radius 3 is 2.94 bits per heavy atom. The van der Waals surface area contributed by atoms with Crippen molar-refractivity contribution >= 4 is 0 Å². The monoisotopic (exact) mass is 231 g/mol. The van der Waals surface area contributed by atoms with Crippen LogP contribution in [-0.2, 0) is 10.2 Å². The topological polar surface area (TPSA) is 21.3 Å². The third-order valence-electron chi connectivity index (χ3n) is 4.50. The standard InChI is InChI=1S/C15H21NO/c1-2-17-14-8-13-10-16-11-15(13,9-14)12-6-4-3-5-7-12/h3-7,13-14,16H,2,8-11H2,1H3. The van der Waals surface area contributed by atoms with Crippen molar-refractivity contribution in [2.45, 2.75) is 31.3 Å². The Morgan fingerprint density at radius 2 is 2.18 bits per heavy atom. The summed E-state index contributed by atoms with van der Waals surface area (Å²) >= 11 is 0. The average molecular weight is 231 g/mol. The summed E-state index contributed by atoms with van der Waals surface area (Å²) < 4.78 is 5.86. The third-order valence-corrected chi connectivity index (χ3v) is 4.50. The predicted octanol–water partition coefficient (Wildman–Crippen LogP) is 2.34. The van der Waals surface area contributed by atoms with Crippen LogP contribution in [0.1, 0.15) is 25.3 Å². The first-order valence-corrected chi connectivity index (χ1v) is 6.73. The van der Waals surface area contributed by atoms with E-state index in [0.717, 1.165) is 25.6 Å². The summed E-state index contributed by atoms with van der Waals surface area (Å²) in [5, 5.41) is 3.57. The molecule has 1 aromatic carbocycles. The van der Waals surface area contributed by atoms with Crippen molar-refractivity contribution in [2.24, 2.45) is 5.92 Å². The van der Waals surface area contributed by atoms with Crippen molar-refractivity contribution in [1.82, 2.24) is 5.32 Å². The van der Waals surface area contributed by atoms with Gasteiger partial charge in [0, 0.05) is 18.6 Å². The van der Waals surface area contributed by atoms with E-state index in [1.807, 2.05) is 0 Å². The summed E-state index contributed by atoms with van der Waals surface area (Å²) in [6.07, 6.45) is 2.87. The van der Waals surface area contributed by atoms with Crippen molar-refractivity contribution in [3.8, 4) is 0 Å². The van der Waals surface area contributed by atoms with E-state index >= 15 is 0 Å². The van der Waals surface area contributed by atoms with E-state index in [-0.39, 0.29) is 0 Å². The van der Waals surface area contributed by atoms with Crippen LogP contribution in [0, 0.1) is 5.92 Å². The van der Waals surface area contributed by atoms with Gasteiger partial charge in [0.05, 0.1) is 6.10 Å². The van der Waals surface area contributed by atoms with E-state index in [0.29, 0.717) is 11.5 Å². The van der Waals surface area contributed by atoms with E-state index in [1.54, 1.807) is 0 Å². The smallest absolute Gasteiger partial charge is 0.0587 e. The molecule has 3 rings (SSSR count). The molecule has 2 fully saturated rings. The van der Waals surface area contributed by atoms with Crippen LogP contribution in [0.3, 0.4) is 0 Å². The van der Waals surface area contributed by atoms with Crippen molar-refractivity contribution in [2.75, 3.05) is 19.7 Å². The highest BCUT2D eigenvalue weighted by Gasteiger charge is 2.51. The fraction of sp³-hybridized carbons (Fsp3) is 0.600. The molecule has 1 aromatic rings. The van der Waals surface area contributed by atoms with Gasteiger partial charge in [0.15, 0.2) is 0 Å². The minimum atomic E-state index is 0.334. The fourth-order valence-electron chi connectivity index (χ4n) is 3.75. The first-order chi connectivity index (χ1) is 8.35. The minimum absolute atomic E-state index is 0.334.